The predicted octanol–water partition coefficient (Wildman–Crippen LogP) is 2.50. The van der Waals surface area contributed by atoms with Gasteiger partial charge in [-0.2, -0.15) is 0 Å². The summed E-state index contributed by atoms with van der Waals surface area (Å²) in [5.41, 5.74) is 5.37. The average molecular weight is 347 g/mol. The van der Waals surface area contributed by atoms with Crippen molar-refractivity contribution < 1.29 is 14.4 Å². The van der Waals surface area contributed by atoms with Gasteiger partial charge in [0.25, 0.3) is 11.8 Å². The number of urea groups is 1. The molecule has 2 N–H and O–H groups in total. The summed E-state index contributed by atoms with van der Waals surface area (Å²) in [7, 11) is 0. The lowest BCUT2D eigenvalue weighted by molar-refractivity contribution is -0.123. The summed E-state index contributed by atoms with van der Waals surface area (Å²) >= 11 is 0. The van der Waals surface area contributed by atoms with Crippen LogP contribution < -0.4 is 15.5 Å². The highest BCUT2D eigenvalue weighted by Gasteiger charge is 2.28. The Balaban J connectivity index is 1.73. The molecule has 6 heteroatoms. The van der Waals surface area contributed by atoms with Gasteiger partial charge < -0.3 is 4.90 Å². The summed E-state index contributed by atoms with van der Waals surface area (Å²) in [4.78, 5) is 37.2. The van der Waals surface area contributed by atoms with Crippen molar-refractivity contribution in [2.45, 2.75) is 13.3 Å². The zero-order valence-electron chi connectivity index (χ0n) is 14.2. The highest BCUT2D eigenvalue weighted by Crippen LogP contribution is 2.38. The minimum atomic E-state index is -0.794. The number of rotatable bonds is 2. The molecule has 0 atom stereocenters. The van der Waals surface area contributed by atoms with Crippen LogP contribution >= 0.6 is 0 Å². The molecular weight excluding hydrogens is 330 g/mol. The highest BCUT2D eigenvalue weighted by atomic mass is 16.2. The van der Waals surface area contributed by atoms with Gasteiger partial charge in [-0.1, -0.05) is 24.3 Å². The molecule has 0 radical (unpaired) electrons. The minimum Gasteiger partial charge on any atom is -0.341 e. The van der Waals surface area contributed by atoms with Gasteiger partial charge in [0.05, 0.1) is 0 Å². The second kappa shape index (κ2) is 6.15. The van der Waals surface area contributed by atoms with E-state index in [0.29, 0.717) is 0 Å². The molecule has 0 aromatic heterocycles. The lowest BCUT2D eigenvalue weighted by Gasteiger charge is -2.32. The second-order valence-corrected chi connectivity index (χ2v) is 6.23. The van der Waals surface area contributed by atoms with Gasteiger partial charge in [0, 0.05) is 24.3 Å². The van der Waals surface area contributed by atoms with Crippen molar-refractivity contribution in [3.63, 3.8) is 0 Å². The number of anilines is 2. The van der Waals surface area contributed by atoms with Crippen LogP contribution in [0.2, 0.25) is 0 Å². The molecule has 0 aliphatic carbocycles. The van der Waals surface area contributed by atoms with Gasteiger partial charge in [-0.05, 0) is 47.9 Å². The fourth-order valence-electron chi connectivity index (χ4n) is 3.47. The van der Waals surface area contributed by atoms with E-state index in [2.05, 4.69) is 34.6 Å². The Bertz CT molecular complexity index is 956. The third-order valence-electron chi connectivity index (χ3n) is 4.63. The highest BCUT2D eigenvalue weighted by molar-refractivity contribution is 6.31. The summed E-state index contributed by atoms with van der Waals surface area (Å²) in [5, 5.41) is 4.17. The monoisotopic (exact) mass is 347 g/mol. The Morgan fingerprint density at radius 3 is 2.38 bits per heavy atom. The van der Waals surface area contributed by atoms with Crippen LogP contribution in [0.5, 0.6) is 0 Å². The Labute approximate surface area is 150 Å². The molecule has 0 bridgehead atoms. The number of imide groups is 2. The first-order valence-corrected chi connectivity index (χ1v) is 8.43. The Hall–Kier alpha value is -3.41. The number of carbonyl (C=O) groups excluding carboxylic acids is 3. The van der Waals surface area contributed by atoms with Crippen molar-refractivity contribution in [1.82, 2.24) is 10.6 Å². The van der Waals surface area contributed by atoms with E-state index in [-0.39, 0.29) is 5.57 Å². The molecule has 6 nitrogen and oxygen atoms in total. The number of fused-ring (bicyclic) bond motifs is 2. The zero-order chi connectivity index (χ0) is 18.3. The summed E-state index contributed by atoms with van der Waals surface area (Å²) in [6, 6.07) is 13.4. The second-order valence-electron chi connectivity index (χ2n) is 6.23. The number of barbiturate groups is 1. The minimum absolute atomic E-state index is 0.0758. The summed E-state index contributed by atoms with van der Waals surface area (Å²) < 4.78 is 0. The first-order chi connectivity index (χ1) is 12.6. The van der Waals surface area contributed by atoms with Crippen LogP contribution in [-0.2, 0) is 16.0 Å². The van der Waals surface area contributed by atoms with Crippen LogP contribution in [0.4, 0.5) is 16.2 Å². The lowest BCUT2D eigenvalue weighted by atomic mass is 9.93. The zero-order valence-corrected chi connectivity index (χ0v) is 14.2. The van der Waals surface area contributed by atoms with Gasteiger partial charge >= 0.3 is 6.03 Å². The normalized spacial score (nSPS) is 15.8. The molecule has 1 saturated heterocycles. The number of carbonyl (C=O) groups is 3. The van der Waals surface area contributed by atoms with E-state index in [9.17, 15) is 14.4 Å². The van der Waals surface area contributed by atoms with Gasteiger partial charge in [0.2, 0.25) is 0 Å². The molecule has 2 heterocycles. The van der Waals surface area contributed by atoms with E-state index in [1.807, 2.05) is 30.3 Å². The topological polar surface area (TPSA) is 78.5 Å². The summed E-state index contributed by atoms with van der Waals surface area (Å²) in [5.74, 6) is -1.37. The quantitative estimate of drug-likeness (QED) is 0.646. The number of hydrogen-bond acceptors (Lipinski definition) is 4. The number of benzene rings is 2. The molecule has 2 aliphatic rings. The molecule has 4 rings (SSSR count). The maximum atomic E-state index is 11.9. The molecule has 2 aliphatic heterocycles. The van der Waals surface area contributed by atoms with E-state index in [1.165, 1.54) is 17.3 Å². The standard InChI is InChI=1S/C20H17N3O3/c1-2-23-16-6-4-3-5-13(16)11-14-9-12(7-8-17(14)23)10-15-18(24)21-20(26)22-19(15)25/h3-10H,2,11H2,1H3,(H2,21,22,24,25,26). The van der Waals surface area contributed by atoms with Crippen molar-refractivity contribution in [3.05, 3.63) is 64.7 Å². The Kier molecular flexibility index (Phi) is 3.80. The lowest BCUT2D eigenvalue weighted by Crippen LogP contribution is -2.51. The SMILES string of the molecule is CCN1c2ccccc2Cc2cc(C=C3C(=O)NC(=O)NC3=O)ccc21. The molecule has 26 heavy (non-hydrogen) atoms. The molecule has 4 amide bonds. The molecule has 0 spiro atoms. The van der Waals surface area contributed by atoms with Crippen LogP contribution in [0.1, 0.15) is 23.6 Å². The molecule has 2 aromatic rings. The van der Waals surface area contributed by atoms with Crippen LogP contribution in [0.25, 0.3) is 6.08 Å². The van der Waals surface area contributed by atoms with E-state index >= 15 is 0 Å². The van der Waals surface area contributed by atoms with Crippen molar-refractivity contribution >= 4 is 35.3 Å². The van der Waals surface area contributed by atoms with E-state index in [4.69, 9.17) is 0 Å². The fourth-order valence-corrected chi connectivity index (χ4v) is 3.47. The van der Waals surface area contributed by atoms with E-state index in [0.717, 1.165) is 29.8 Å². The maximum Gasteiger partial charge on any atom is 0.328 e. The largest absolute Gasteiger partial charge is 0.341 e. The molecule has 1 fully saturated rings. The summed E-state index contributed by atoms with van der Waals surface area (Å²) in [6.07, 6.45) is 2.30. The van der Waals surface area contributed by atoms with Crippen LogP contribution in [0.15, 0.2) is 48.0 Å². The Morgan fingerprint density at radius 1 is 0.962 bits per heavy atom. The molecular formula is C20H17N3O3. The van der Waals surface area contributed by atoms with Gasteiger partial charge in [0.1, 0.15) is 5.57 Å². The third-order valence-corrected chi connectivity index (χ3v) is 4.63. The van der Waals surface area contributed by atoms with Gasteiger partial charge in [-0.3, -0.25) is 20.2 Å². The number of nitrogens with zero attached hydrogens (tertiary/aromatic N) is 1. The van der Waals surface area contributed by atoms with Crippen molar-refractivity contribution in [1.29, 1.82) is 0 Å². The van der Waals surface area contributed by atoms with Gasteiger partial charge in [-0.25, -0.2) is 4.79 Å². The third kappa shape index (κ3) is 2.65. The number of amides is 4. The number of hydrogen-bond donors (Lipinski definition) is 2. The van der Waals surface area contributed by atoms with Crippen molar-refractivity contribution in [2.24, 2.45) is 0 Å². The smallest absolute Gasteiger partial charge is 0.328 e. The van der Waals surface area contributed by atoms with Crippen LogP contribution in [-0.4, -0.2) is 24.4 Å². The van der Waals surface area contributed by atoms with Gasteiger partial charge in [0.15, 0.2) is 0 Å². The average Bonchev–Trinajstić information content (AvgIpc) is 2.62. The molecule has 0 unspecified atom stereocenters. The van der Waals surface area contributed by atoms with Crippen LogP contribution in [0.3, 0.4) is 0 Å². The van der Waals surface area contributed by atoms with Crippen molar-refractivity contribution in [3.8, 4) is 0 Å². The molecule has 130 valence electrons. The first-order valence-electron chi connectivity index (χ1n) is 8.43. The number of nitrogens with one attached hydrogen (secondary N) is 2. The Morgan fingerprint density at radius 2 is 1.65 bits per heavy atom. The molecule has 2 aromatic carbocycles. The van der Waals surface area contributed by atoms with E-state index < -0.39 is 17.8 Å². The number of para-hydroxylation sites is 1. The molecule has 0 saturated carbocycles. The van der Waals surface area contributed by atoms with Crippen LogP contribution in [0, 0.1) is 0 Å². The first kappa shape index (κ1) is 16.1. The summed E-state index contributed by atoms with van der Waals surface area (Å²) in [6.45, 7) is 2.95. The van der Waals surface area contributed by atoms with Crippen molar-refractivity contribution in [2.75, 3.05) is 11.4 Å². The van der Waals surface area contributed by atoms with Gasteiger partial charge in [-0.15, -0.1) is 0 Å². The maximum absolute atomic E-state index is 11.9. The predicted molar refractivity (Wildman–Crippen MR) is 98.0 cm³/mol. The van der Waals surface area contributed by atoms with E-state index in [1.54, 1.807) is 0 Å². The fraction of sp³-hybridized carbons (Fsp3) is 0.150.